The first-order chi connectivity index (χ1) is 12.0. The number of nitrogens with one attached hydrogen (secondary N) is 2. The first-order valence-corrected chi connectivity index (χ1v) is 8.63. The van der Waals surface area contributed by atoms with Crippen LogP contribution in [0.15, 0.2) is 23.3 Å². The van der Waals surface area contributed by atoms with Crippen LogP contribution in [-0.4, -0.2) is 31.9 Å². The fourth-order valence-corrected chi connectivity index (χ4v) is 3.31. The fraction of sp³-hybridized carbons (Fsp3) is 0.133. The van der Waals surface area contributed by atoms with Gasteiger partial charge in [0, 0.05) is 11.3 Å². The molecule has 0 fully saturated rings. The van der Waals surface area contributed by atoms with E-state index in [1.807, 2.05) is 6.92 Å². The predicted octanol–water partition coefficient (Wildman–Crippen LogP) is 3.62. The Hall–Kier alpha value is -2.29. The van der Waals surface area contributed by atoms with Crippen molar-refractivity contribution >= 4 is 46.9 Å². The van der Waals surface area contributed by atoms with E-state index in [1.54, 1.807) is 25.1 Å². The summed E-state index contributed by atoms with van der Waals surface area (Å²) in [5.74, 6) is -0.409. The average molecular weight is 395 g/mol. The molecule has 25 heavy (non-hydrogen) atoms. The summed E-state index contributed by atoms with van der Waals surface area (Å²) in [7, 11) is 0. The second-order valence-corrected chi connectivity index (χ2v) is 6.66. The largest absolute Gasteiger partial charge is 0.281 e. The molecule has 128 valence electrons. The molecule has 1 amide bonds. The van der Waals surface area contributed by atoms with Gasteiger partial charge in [0.1, 0.15) is 5.69 Å². The van der Waals surface area contributed by atoms with Crippen LogP contribution < -0.4 is 5.43 Å². The highest BCUT2D eigenvalue weighted by Crippen LogP contribution is 2.28. The van der Waals surface area contributed by atoms with Crippen molar-refractivity contribution in [2.24, 2.45) is 5.10 Å². The van der Waals surface area contributed by atoms with Crippen molar-refractivity contribution in [1.82, 2.24) is 25.2 Å². The Labute approximate surface area is 157 Å². The molecule has 1 aromatic carbocycles. The predicted molar refractivity (Wildman–Crippen MR) is 98.5 cm³/mol. The third-order valence-electron chi connectivity index (χ3n) is 3.40. The molecule has 0 unspecified atom stereocenters. The normalized spacial score (nSPS) is 11.2. The average Bonchev–Trinajstić information content (AvgIpc) is 3.15. The van der Waals surface area contributed by atoms with Gasteiger partial charge in [-0.15, -0.1) is 5.10 Å². The van der Waals surface area contributed by atoms with Crippen molar-refractivity contribution < 1.29 is 4.79 Å². The summed E-state index contributed by atoms with van der Waals surface area (Å²) in [4.78, 5) is 13.3. The van der Waals surface area contributed by atoms with Gasteiger partial charge in [-0.25, -0.2) is 5.43 Å². The fourth-order valence-electron chi connectivity index (χ4n) is 2.17. The van der Waals surface area contributed by atoms with Gasteiger partial charge in [-0.3, -0.25) is 9.89 Å². The molecule has 0 aliphatic heterocycles. The van der Waals surface area contributed by atoms with Crippen LogP contribution in [-0.2, 0) is 0 Å². The summed E-state index contributed by atoms with van der Waals surface area (Å²) in [6, 6.07) is 5.11. The summed E-state index contributed by atoms with van der Waals surface area (Å²) in [5, 5.41) is 15.8. The lowest BCUT2D eigenvalue weighted by Crippen LogP contribution is -2.19. The molecule has 3 rings (SSSR count). The smallest absolute Gasteiger partial charge is 0.275 e. The maximum atomic E-state index is 12.5. The number of carbonyl (C=O) groups is 1. The van der Waals surface area contributed by atoms with Crippen LogP contribution in [0.1, 0.15) is 27.3 Å². The lowest BCUT2D eigenvalue weighted by atomic mass is 10.1. The van der Waals surface area contributed by atoms with E-state index in [4.69, 9.17) is 23.2 Å². The van der Waals surface area contributed by atoms with Gasteiger partial charge >= 0.3 is 0 Å². The van der Waals surface area contributed by atoms with Crippen molar-refractivity contribution in [2.45, 2.75) is 13.8 Å². The Bertz CT molecular complexity index is 945. The van der Waals surface area contributed by atoms with E-state index in [0.29, 0.717) is 38.3 Å². The van der Waals surface area contributed by atoms with Crippen LogP contribution in [0.4, 0.5) is 0 Å². The molecule has 10 heteroatoms. The molecular formula is C15H12Cl2N6OS. The van der Waals surface area contributed by atoms with Crippen molar-refractivity contribution in [2.75, 3.05) is 0 Å². The van der Waals surface area contributed by atoms with Gasteiger partial charge in [-0.1, -0.05) is 33.8 Å². The maximum Gasteiger partial charge on any atom is 0.275 e. The lowest BCUT2D eigenvalue weighted by molar-refractivity contribution is 0.0955. The van der Waals surface area contributed by atoms with Gasteiger partial charge in [0.05, 0.1) is 32.4 Å². The topological polar surface area (TPSA) is 95.9 Å². The minimum absolute atomic E-state index is 0.386. The van der Waals surface area contributed by atoms with E-state index in [2.05, 4.69) is 30.3 Å². The van der Waals surface area contributed by atoms with Gasteiger partial charge < -0.3 is 0 Å². The molecule has 0 spiro atoms. The number of amides is 1. The van der Waals surface area contributed by atoms with Gasteiger partial charge in [-0.2, -0.15) is 10.2 Å². The van der Waals surface area contributed by atoms with Crippen LogP contribution in [0.25, 0.3) is 10.6 Å². The number of hydrazone groups is 1. The number of aryl methyl sites for hydroxylation is 2. The van der Waals surface area contributed by atoms with Crippen LogP contribution >= 0.6 is 34.7 Å². The summed E-state index contributed by atoms with van der Waals surface area (Å²) in [6.45, 7) is 3.56. The minimum Gasteiger partial charge on any atom is -0.281 e. The number of hydrogen-bond donors (Lipinski definition) is 2. The summed E-state index contributed by atoms with van der Waals surface area (Å²) < 4.78 is 3.88. The third-order valence-corrected chi connectivity index (χ3v) is 4.89. The van der Waals surface area contributed by atoms with Crippen molar-refractivity contribution in [3.8, 4) is 10.6 Å². The number of nitrogens with zero attached hydrogens (tertiary/aromatic N) is 4. The number of aromatic nitrogens is 4. The Balaban J connectivity index is 1.84. The van der Waals surface area contributed by atoms with E-state index in [0.717, 1.165) is 4.88 Å². The highest BCUT2D eigenvalue weighted by molar-refractivity contribution is 7.09. The number of benzene rings is 1. The van der Waals surface area contributed by atoms with Crippen molar-refractivity contribution in [3.63, 3.8) is 0 Å². The molecule has 0 atom stereocenters. The molecule has 7 nitrogen and oxygen atoms in total. The molecule has 0 aliphatic carbocycles. The monoisotopic (exact) mass is 394 g/mol. The molecule has 2 heterocycles. The van der Waals surface area contributed by atoms with Crippen LogP contribution in [0.5, 0.6) is 0 Å². The Morgan fingerprint density at radius 3 is 2.68 bits per heavy atom. The second-order valence-electron chi connectivity index (χ2n) is 5.09. The first kappa shape index (κ1) is 17.5. The number of hydrogen-bond acceptors (Lipinski definition) is 6. The Morgan fingerprint density at radius 1 is 1.32 bits per heavy atom. The molecule has 2 N–H and O–H groups in total. The number of halogens is 2. The number of aromatic amines is 1. The van der Waals surface area contributed by atoms with Crippen LogP contribution in [0.2, 0.25) is 10.0 Å². The molecule has 0 radical (unpaired) electrons. The zero-order chi connectivity index (χ0) is 18.0. The summed E-state index contributed by atoms with van der Waals surface area (Å²) >= 11 is 13.3. The van der Waals surface area contributed by atoms with Gasteiger partial charge in [0.25, 0.3) is 5.91 Å². The molecule has 0 saturated carbocycles. The zero-order valence-corrected chi connectivity index (χ0v) is 15.5. The molecule has 0 saturated heterocycles. The third kappa shape index (κ3) is 3.55. The second kappa shape index (κ2) is 7.30. The minimum atomic E-state index is -0.409. The number of carbonyl (C=O) groups excluding carboxylic acids is 1. The van der Waals surface area contributed by atoms with Gasteiger partial charge in [0.2, 0.25) is 0 Å². The Morgan fingerprint density at radius 2 is 2.04 bits per heavy atom. The first-order valence-electron chi connectivity index (χ1n) is 7.10. The molecular weight excluding hydrogens is 383 g/mol. The molecule has 0 bridgehead atoms. The molecule has 2 aromatic heterocycles. The SMILES string of the molecule is Cc1nnsc1-c1n[nH]c(C)c1C(=O)N/N=C\c1c(Cl)cccc1Cl. The highest BCUT2D eigenvalue weighted by Gasteiger charge is 2.22. The van der Waals surface area contributed by atoms with Crippen molar-refractivity contribution in [3.05, 3.63) is 50.8 Å². The van der Waals surface area contributed by atoms with Crippen LogP contribution in [0, 0.1) is 13.8 Å². The molecule has 0 aliphatic rings. The zero-order valence-electron chi connectivity index (χ0n) is 13.2. The molecule has 3 aromatic rings. The number of rotatable bonds is 4. The van der Waals surface area contributed by atoms with Crippen LogP contribution in [0.3, 0.4) is 0 Å². The number of H-pyrrole nitrogens is 1. The standard InChI is InChI=1S/C15H12Cl2N6OS/c1-7-12(13(21-19-7)14-8(2)20-23-25-14)15(24)22-18-6-9-10(16)4-3-5-11(9)17/h3-6H,1-2H3,(H,19,21)(H,22,24)/b18-6-. The van der Waals surface area contributed by atoms with E-state index in [9.17, 15) is 4.79 Å². The van der Waals surface area contributed by atoms with E-state index in [-0.39, 0.29) is 0 Å². The Kier molecular flexibility index (Phi) is 5.12. The van der Waals surface area contributed by atoms with E-state index in [1.165, 1.54) is 17.7 Å². The highest BCUT2D eigenvalue weighted by atomic mass is 35.5. The van der Waals surface area contributed by atoms with Gasteiger partial charge in [0.15, 0.2) is 0 Å². The summed E-state index contributed by atoms with van der Waals surface area (Å²) in [5.41, 5.74) is 5.20. The maximum absolute atomic E-state index is 12.5. The van der Waals surface area contributed by atoms with E-state index < -0.39 is 5.91 Å². The lowest BCUT2D eigenvalue weighted by Gasteiger charge is -2.03. The quantitative estimate of drug-likeness (QED) is 0.521. The summed E-state index contributed by atoms with van der Waals surface area (Å²) in [6.07, 6.45) is 1.40. The van der Waals surface area contributed by atoms with Crippen molar-refractivity contribution in [1.29, 1.82) is 0 Å². The van der Waals surface area contributed by atoms with E-state index >= 15 is 0 Å². The van der Waals surface area contributed by atoms with Gasteiger partial charge in [-0.05, 0) is 37.5 Å².